The van der Waals surface area contributed by atoms with E-state index in [1.807, 2.05) is 0 Å². The van der Waals surface area contributed by atoms with Crippen LogP contribution in [0.2, 0.25) is 0 Å². The summed E-state index contributed by atoms with van der Waals surface area (Å²) in [6.45, 7) is 7.47. The second-order valence-corrected chi connectivity index (χ2v) is 13.0. The molecule has 2 aromatic rings. The average molecular weight is 687 g/mol. The number of methoxy groups -OCH3 is 1. The highest BCUT2D eigenvalue weighted by Crippen LogP contribution is 2.48. The lowest BCUT2D eigenvalue weighted by atomic mass is 9.59. The van der Waals surface area contributed by atoms with E-state index < -0.39 is 76.5 Å². The van der Waals surface area contributed by atoms with Crippen LogP contribution in [0.15, 0.2) is 42.5 Å². The van der Waals surface area contributed by atoms with Crippen LogP contribution in [-0.4, -0.2) is 75.3 Å². The van der Waals surface area contributed by atoms with Crippen LogP contribution in [0.1, 0.15) is 46.6 Å². The molecule has 2 aliphatic rings. The Bertz CT molecular complexity index is 1510. The third kappa shape index (κ3) is 7.85. The Morgan fingerprint density at radius 1 is 1.02 bits per heavy atom. The Labute approximate surface area is 284 Å². The zero-order chi connectivity index (χ0) is 36.0. The lowest BCUT2D eigenvalue weighted by Crippen LogP contribution is -2.71. The van der Waals surface area contributed by atoms with Crippen molar-refractivity contribution in [3.05, 3.63) is 59.7 Å². The fourth-order valence-electron chi connectivity index (χ4n) is 6.67. The maximum Gasteiger partial charge on any atom is 0.414 e. The number of rotatable bonds is 13. The molecular formula is C35H44F2N4O8. The summed E-state index contributed by atoms with van der Waals surface area (Å²) < 4.78 is 48.7. The van der Waals surface area contributed by atoms with Crippen LogP contribution in [0, 0.1) is 34.8 Å². The fraction of sp³-hybridized carbons (Fsp3) is 0.514. The highest BCUT2D eigenvalue weighted by atomic mass is 19.1. The van der Waals surface area contributed by atoms with Gasteiger partial charge in [-0.25, -0.2) is 18.4 Å². The van der Waals surface area contributed by atoms with Crippen molar-refractivity contribution in [2.45, 2.75) is 59.9 Å². The molecule has 2 N–H and O–H groups in total. The number of ether oxygens (including phenoxy) is 3. The van der Waals surface area contributed by atoms with Gasteiger partial charge < -0.3 is 24.4 Å². The van der Waals surface area contributed by atoms with Gasteiger partial charge in [-0.05, 0) is 12.0 Å². The van der Waals surface area contributed by atoms with Crippen molar-refractivity contribution in [1.82, 2.24) is 10.6 Å². The van der Waals surface area contributed by atoms with E-state index in [-0.39, 0.29) is 50.9 Å². The number of piperidine rings is 1. The summed E-state index contributed by atoms with van der Waals surface area (Å²) in [4.78, 5) is 68.4. The Morgan fingerprint density at radius 3 is 2.18 bits per heavy atom. The number of hydrogen-bond donors (Lipinski definition) is 2. The summed E-state index contributed by atoms with van der Waals surface area (Å²) in [6, 6.07) is 10.7. The first-order valence-electron chi connectivity index (χ1n) is 16.2. The van der Waals surface area contributed by atoms with Crippen LogP contribution in [-0.2, 0) is 35.2 Å². The fourth-order valence-corrected chi connectivity index (χ4v) is 6.67. The lowest BCUT2D eigenvalue weighted by molar-refractivity contribution is -0.155. The van der Waals surface area contributed by atoms with Gasteiger partial charge in [-0.1, -0.05) is 58.0 Å². The first kappa shape index (κ1) is 37.2. The van der Waals surface area contributed by atoms with Gasteiger partial charge in [0.15, 0.2) is 23.2 Å². The van der Waals surface area contributed by atoms with Gasteiger partial charge in [-0.15, -0.1) is 0 Å². The normalized spacial score (nSPS) is 20.3. The molecule has 2 fully saturated rings. The Morgan fingerprint density at radius 2 is 1.63 bits per heavy atom. The summed E-state index contributed by atoms with van der Waals surface area (Å²) in [5, 5.41) is 5.21. The molecule has 266 valence electrons. The quantitative estimate of drug-likeness (QED) is 0.289. The molecule has 3 amide bonds. The van der Waals surface area contributed by atoms with Gasteiger partial charge in [0.05, 0.1) is 25.4 Å². The number of carbonyl (C=O) groups excluding carboxylic acids is 5. The largest absolute Gasteiger partial charge is 0.445 e. The van der Waals surface area contributed by atoms with Gasteiger partial charge in [0.2, 0.25) is 5.91 Å². The summed E-state index contributed by atoms with van der Waals surface area (Å²) in [5.41, 5.74) is -2.06. The Balaban J connectivity index is 1.80. The van der Waals surface area contributed by atoms with Gasteiger partial charge in [-0.3, -0.25) is 24.6 Å². The highest BCUT2D eigenvalue weighted by Gasteiger charge is 2.62. The van der Waals surface area contributed by atoms with Crippen molar-refractivity contribution in [1.29, 1.82) is 0 Å². The molecule has 12 nitrogen and oxygen atoms in total. The molecule has 1 unspecified atom stereocenters. The average Bonchev–Trinajstić information content (AvgIpc) is 3.43. The molecule has 0 spiro atoms. The van der Waals surface area contributed by atoms with E-state index in [1.165, 1.54) is 18.9 Å². The topological polar surface area (TPSA) is 144 Å². The van der Waals surface area contributed by atoms with Crippen LogP contribution in [0.3, 0.4) is 0 Å². The number of halogens is 2. The summed E-state index contributed by atoms with van der Waals surface area (Å²) in [6.07, 6.45) is -4.07. The monoisotopic (exact) mass is 686 g/mol. The van der Waals surface area contributed by atoms with Gasteiger partial charge in [0.25, 0.3) is 0 Å². The van der Waals surface area contributed by atoms with Crippen LogP contribution >= 0.6 is 0 Å². The molecular weight excluding hydrogens is 642 g/mol. The number of carbonyl (C=O) groups is 5. The number of cyclic esters (lactones) is 1. The van der Waals surface area contributed by atoms with E-state index in [4.69, 9.17) is 14.2 Å². The number of anilines is 2. The number of alkyl carbamates (subject to hydrolysis) is 1. The van der Waals surface area contributed by atoms with Crippen LogP contribution in [0.4, 0.5) is 29.7 Å². The molecule has 0 bridgehead atoms. The number of hydrogen-bond acceptors (Lipinski definition) is 9. The van der Waals surface area contributed by atoms with Gasteiger partial charge in [0.1, 0.15) is 30.0 Å². The maximum atomic E-state index is 16.3. The second kappa shape index (κ2) is 15.7. The molecule has 49 heavy (non-hydrogen) atoms. The van der Waals surface area contributed by atoms with E-state index >= 15 is 8.78 Å². The minimum Gasteiger partial charge on any atom is -0.445 e. The van der Waals surface area contributed by atoms with Crippen LogP contribution in [0.25, 0.3) is 0 Å². The number of Topliss-reactive ketones (excluding diaryl/α,β-unsaturated/α-hetero) is 2. The number of ketones is 2. The number of amides is 3. The second-order valence-electron chi connectivity index (χ2n) is 13.0. The van der Waals surface area contributed by atoms with Crippen molar-refractivity contribution in [2.75, 3.05) is 43.2 Å². The van der Waals surface area contributed by atoms with Crippen molar-refractivity contribution in [3.63, 3.8) is 0 Å². The van der Waals surface area contributed by atoms with E-state index in [0.717, 1.165) is 17.0 Å². The van der Waals surface area contributed by atoms with Crippen molar-refractivity contribution in [3.8, 4) is 0 Å². The Hall–Kier alpha value is -4.59. The number of nitrogens with one attached hydrogen (secondary N) is 2. The zero-order valence-corrected chi connectivity index (χ0v) is 28.6. The van der Waals surface area contributed by atoms with Crippen molar-refractivity contribution >= 4 is 41.0 Å². The molecule has 0 radical (unpaired) electrons. The molecule has 2 heterocycles. The smallest absolute Gasteiger partial charge is 0.414 e. The molecule has 14 heteroatoms. The minimum atomic E-state index is -1.99. The molecule has 3 atom stereocenters. The maximum absolute atomic E-state index is 16.3. The number of nitrogens with zero attached hydrogens (tertiary/aromatic N) is 2. The lowest BCUT2D eigenvalue weighted by Gasteiger charge is -2.53. The van der Waals surface area contributed by atoms with E-state index in [1.54, 1.807) is 58.0 Å². The predicted molar refractivity (Wildman–Crippen MR) is 176 cm³/mol. The van der Waals surface area contributed by atoms with Crippen molar-refractivity contribution in [2.24, 2.45) is 23.2 Å². The molecule has 4 rings (SSSR count). The molecule has 0 saturated carbocycles. The van der Waals surface area contributed by atoms with Gasteiger partial charge >= 0.3 is 12.2 Å². The molecule has 2 aliphatic heterocycles. The van der Waals surface area contributed by atoms with Gasteiger partial charge in [0, 0.05) is 50.5 Å². The summed E-state index contributed by atoms with van der Waals surface area (Å²) in [5.74, 6) is -5.77. The third-order valence-corrected chi connectivity index (χ3v) is 8.86. The first-order chi connectivity index (χ1) is 23.2. The summed E-state index contributed by atoms with van der Waals surface area (Å²) in [7, 11) is 1.43. The van der Waals surface area contributed by atoms with Gasteiger partial charge in [-0.2, -0.15) is 0 Å². The van der Waals surface area contributed by atoms with E-state index in [0.29, 0.717) is 5.56 Å². The van der Waals surface area contributed by atoms with Crippen molar-refractivity contribution < 1.29 is 47.0 Å². The van der Waals surface area contributed by atoms with E-state index in [9.17, 15) is 24.0 Å². The minimum absolute atomic E-state index is 0.0145. The Kier molecular flexibility index (Phi) is 12.0. The van der Waals surface area contributed by atoms with Crippen LogP contribution in [0.5, 0.6) is 0 Å². The number of benzene rings is 2. The molecule has 0 aromatic heterocycles. The molecule has 0 aliphatic carbocycles. The van der Waals surface area contributed by atoms with Crippen LogP contribution < -0.4 is 20.4 Å². The summed E-state index contributed by atoms with van der Waals surface area (Å²) >= 11 is 0. The SMILES string of the molecule is COC[C@H]1CCN(c2c(F)cc(N3C[C@H](CNC(C)=O)OC3=O)cc2F)C(NC(=O)OCc2ccccc2)C1(C(=O)C(C)C)C(=O)C(C)C. The highest BCUT2D eigenvalue weighted by molar-refractivity contribution is 6.10. The standard InChI is InChI=1S/C35H44F2N4O8/c1-20(2)30(43)35(31(44)21(3)4)24(19-47-6)12-13-40(32(35)39-33(45)48-18-23-10-8-7-9-11-23)29-27(36)14-25(15-28(29)37)41-17-26(49-34(41)46)16-38-22(5)42/h7-11,14-15,20-21,24,26,32H,12-13,16-19H2,1-6H3,(H,38,42)(H,39,45)/t24-,26+,32?/m1/s1. The molecule has 2 aromatic carbocycles. The molecule has 2 saturated heterocycles. The van der Waals surface area contributed by atoms with E-state index in [2.05, 4.69) is 10.6 Å². The predicted octanol–water partition coefficient (Wildman–Crippen LogP) is 4.59. The zero-order valence-electron chi connectivity index (χ0n) is 28.6. The third-order valence-electron chi connectivity index (χ3n) is 8.86. The first-order valence-corrected chi connectivity index (χ1v) is 16.2.